The third kappa shape index (κ3) is 5.55. The zero-order chi connectivity index (χ0) is 14.4. The quantitative estimate of drug-likeness (QED) is 0.741. The van der Waals surface area contributed by atoms with Crippen LogP contribution in [0.15, 0.2) is 24.3 Å². The van der Waals surface area contributed by atoms with Crippen LogP contribution >= 0.6 is 0 Å². The van der Waals surface area contributed by atoms with Gasteiger partial charge in [0.25, 0.3) is 0 Å². The molecule has 0 fully saturated rings. The fraction of sp³-hybridized carbons (Fsp3) is 0.467. The highest BCUT2D eigenvalue weighted by Crippen LogP contribution is 2.15. The minimum absolute atomic E-state index is 0.0833. The van der Waals surface area contributed by atoms with Gasteiger partial charge in [-0.1, -0.05) is 12.1 Å². The van der Waals surface area contributed by atoms with Crippen LogP contribution in [-0.2, 0) is 20.7 Å². The first-order chi connectivity index (χ1) is 8.88. The molecule has 1 unspecified atom stereocenters. The Hall–Kier alpha value is -1.84. The monoisotopic (exact) mass is 264 g/mol. The summed E-state index contributed by atoms with van der Waals surface area (Å²) in [7, 11) is 0. The smallest absolute Gasteiger partial charge is 0.310 e. The average molecular weight is 264 g/mol. The molecule has 104 valence electrons. The summed E-state index contributed by atoms with van der Waals surface area (Å²) in [6.45, 7) is 6.85. The van der Waals surface area contributed by atoms with Crippen molar-refractivity contribution in [3.05, 3.63) is 29.8 Å². The van der Waals surface area contributed by atoms with Gasteiger partial charge in [0.1, 0.15) is 5.75 Å². The molecule has 0 N–H and O–H groups in total. The molecule has 0 aliphatic rings. The molecule has 0 aliphatic carbocycles. The Labute approximate surface area is 113 Å². The molecular formula is C15H20O4. The van der Waals surface area contributed by atoms with Gasteiger partial charge in [-0.15, -0.1) is 0 Å². The summed E-state index contributed by atoms with van der Waals surface area (Å²) < 4.78 is 10.6. The molecule has 1 aromatic rings. The van der Waals surface area contributed by atoms with E-state index in [0.717, 1.165) is 11.3 Å². The minimum Gasteiger partial charge on any atom is -0.491 e. The van der Waals surface area contributed by atoms with E-state index in [9.17, 15) is 9.59 Å². The van der Waals surface area contributed by atoms with Crippen LogP contribution in [0.3, 0.4) is 0 Å². The Balaban J connectivity index is 2.61. The molecular weight excluding hydrogens is 244 g/mol. The summed E-state index contributed by atoms with van der Waals surface area (Å²) in [6, 6.07) is 7.30. The molecule has 4 heteroatoms. The van der Waals surface area contributed by atoms with Gasteiger partial charge in [0, 0.05) is 0 Å². The fourth-order valence-electron chi connectivity index (χ4n) is 1.49. The van der Waals surface area contributed by atoms with Crippen LogP contribution < -0.4 is 4.74 Å². The highest BCUT2D eigenvalue weighted by molar-refractivity contribution is 5.83. The molecule has 0 heterocycles. The minimum atomic E-state index is -0.692. The Morgan fingerprint density at radius 2 is 1.89 bits per heavy atom. The zero-order valence-electron chi connectivity index (χ0n) is 11.8. The topological polar surface area (TPSA) is 52.6 Å². The first-order valence-electron chi connectivity index (χ1n) is 6.34. The molecule has 0 aliphatic heterocycles. The second-order valence-electron chi connectivity index (χ2n) is 4.73. The number of ether oxygens (including phenoxy) is 2. The molecule has 0 saturated carbocycles. The molecule has 0 spiro atoms. The van der Waals surface area contributed by atoms with Crippen molar-refractivity contribution in [3.8, 4) is 5.75 Å². The Morgan fingerprint density at radius 3 is 2.47 bits per heavy atom. The van der Waals surface area contributed by atoms with Crippen molar-refractivity contribution in [2.75, 3.05) is 0 Å². The lowest BCUT2D eigenvalue weighted by molar-refractivity contribution is -0.152. The Kier molecular flexibility index (Phi) is 5.55. The lowest BCUT2D eigenvalue weighted by Crippen LogP contribution is -2.22. The second-order valence-corrected chi connectivity index (χ2v) is 4.73. The van der Waals surface area contributed by atoms with E-state index in [1.807, 2.05) is 32.0 Å². The number of hydrogen-bond donors (Lipinski definition) is 0. The van der Waals surface area contributed by atoms with Crippen LogP contribution in [0.1, 0.15) is 33.3 Å². The largest absolute Gasteiger partial charge is 0.491 e. The molecule has 1 rings (SSSR count). The average Bonchev–Trinajstić information content (AvgIpc) is 2.27. The van der Waals surface area contributed by atoms with Crippen LogP contribution in [0.5, 0.6) is 5.75 Å². The normalized spacial score (nSPS) is 12.1. The summed E-state index contributed by atoms with van der Waals surface area (Å²) in [5.41, 5.74) is 0.805. The maximum absolute atomic E-state index is 11.6. The standard InChI is InChI=1S/C15H20O4/c1-10(2)18-14-7-5-6-13(8-14)9-15(17)19-12(4)11(3)16/h5-8,10,12H,9H2,1-4H3. The van der Waals surface area contributed by atoms with Gasteiger partial charge in [-0.05, 0) is 45.4 Å². The molecule has 0 amide bonds. The summed E-state index contributed by atoms with van der Waals surface area (Å²) in [6.07, 6.45) is -0.477. The third-order valence-electron chi connectivity index (χ3n) is 2.50. The van der Waals surface area contributed by atoms with E-state index >= 15 is 0 Å². The predicted molar refractivity (Wildman–Crippen MR) is 72.1 cm³/mol. The third-order valence-corrected chi connectivity index (χ3v) is 2.50. The van der Waals surface area contributed by atoms with Crippen LogP contribution in [0.4, 0.5) is 0 Å². The van der Waals surface area contributed by atoms with Gasteiger partial charge in [-0.2, -0.15) is 0 Å². The number of hydrogen-bond acceptors (Lipinski definition) is 4. The summed E-state index contributed by atoms with van der Waals surface area (Å²) in [5.74, 6) is 0.148. The lowest BCUT2D eigenvalue weighted by atomic mass is 10.1. The molecule has 4 nitrogen and oxygen atoms in total. The summed E-state index contributed by atoms with van der Waals surface area (Å²) in [4.78, 5) is 22.7. The molecule has 0 saturated heterocycles. The molecule has 1 atom stereocenters. The lowest BCUT2D eigenvalue weighted by Gasteiger charge is -2.12. The van der Waals surface area contributed by atoms with Gasteiger partial charge in [-0.3, -0.25) is 9.59 Å². The van der Waals surface area contributed by atoms with Crippen molar-refractivity contribution in [2.24, 2.45) is 0 Å². The van der Waals surface area contributed by atoms with E-state index in [-0.39, 0.29) is 18.3 Å². The Bertz CT molecular complexity index is 451. The van der Waals surface area contributed by atoms with E-state index in [1.165, 1.54) is 6.92 Å². The van der Waals surface area contributed by atoms with Crippen LogP contribution in [-0.4, -0.2) is 24.0 Å². The van der Waals surface area contributed by atoms with Gasteiger partial charge >= 0.3 is 5.97 Å². The van der Waals surface area contributed by atoms with Crippen molar-refractivity contribution in [1.29, 1.82) is 0 Å². The van der Waals surface area contributed by atoms with Gasteiger partial charge in [0.05, 0.1) is 12.5 Å². The van der Waals surface area contributed by atoms with Crippen molar-refractivity contribution in [2.45, 2.75) is 46.3 Å². The van der Waals surface area contributed by atoms with Crippen molar-refractivity contribution in [3.63, 3.8) is 0 Å². The van der Waals surface area contributed by atoms with Gasteiger partial charge in [0.15, 0.2) is 11.9 Å². The van der Waals surface area contributed by atoms with Crippen molar-refractivity contribution in [1.82, 2.24) is 0 Å². The number of Topliss-reactive ketones (excluding diaryl/α,β-unsaturated/α-hetero) is 1. The maximum Gasteiger partial charge on any atom is 0.310 e. The van der Waals surface area contributed by atoms with Crippen LogP contribution in [0, 0.1) is 0 Å². The molecule has 1 aromatic carbocycles. The number of esters is 1. The van der Waals surface area contributed by atoms with Crippen molar-refractivity contribution >= 4 is 11.8 Å². The van der Waals surface area contributed by atoms with Gasteiger partial charge < -0.3 is 9.47 Å². The number of rotatable bonds is 6. The van der Waals surface area contributed by atoms with Gasteiger partial charge in [0.2, 0.25) is 0 Å². The van der Waals surface area contributed by atoms with E-state index < -0.39 is 12.1 Å². The Morgan fingerprint density at radius 1 is 1.21 bits per heavy atom. The molecule has 19 heavy (non-hydrogen) atoms. The summed E-state index contributed by atoms with van der Waals surface area (Å²) >= 11 is 0. The highest BCUT2D eigenvalue weighted by Gasteiger charge is 2.14. The van der Waals surface area contributed by atoms with E-state index in [2.05, 4.69) is 0 Å². The van der Waals surface area contributed by atoms with E-state index in [4.69, 9.17) is 9.47 Å². The van der Waals surface area contributed by atoms with Crippen LogP contribution in [0.2, 0.25) is 0 Å². The first-order valence-corrected chi connectivity index (χ1v) is 6.34. The van der Waals surface area contributed by atoms with E-state index in [0.29, 0.717) is 0 Å². The SMILES string of the molecule is CC(=O)C(C)OC(=O)Cc1cccc(OC(C)C)c1. The molecule has 0 bridgehead atoms. The number of carbonyl (C=O) groups excluding carboxylic acids is 2. The first kappa shape index (κ1) is 15.2. The number of ketones is 1. The summed E-state index contributed by atoms with van der Waals surface area (Å²) in [5, 5.41) is 0. The zero-order valence-corrected chi connectivity index (χ0v) is 11.8. The fourth-order valence-corrected chi connectivity index (χ4v) is 1.49. The van der Waals surface area contributed by atoms with E-state index in [1.54, 1.807) is 13.0 Å². The predicted octanol–water partition coefficient (Wildman–Crippen LogP) is 2.54. The van der Waals surface area contributed by atoms with Gasteiger partial charge in [-0.25, -0.2) is 0 Å². The van der Waals surface area contributed by atoms with Crippen LogP contribution in [0.25, 0.3) is 0 Å². The number of carbonyl (C=O) groups is 2. The maximum atomic E-state index is 11.6. The highest BCUT2D eigenvalue weighted by atomic mass is 16.5. The molecule has 0 radical (unpaired) electrons. The van der Waals surface area contributed by atoms with Crippen molar-refractivity contribution < 1.29 is 19.1 Å². The number of benzene rings is 1. The molecule has 0 aromatic heterocycles. The second kappa shape index (κ2) is 6.92.